The second-order valence-corrected chi connectivity index (χ2v) is 3.58. The Labute approximate surface area is 76.6 Å². The molecule has 0 aliphatic rings. The zero-order valence-corrected chi connectivity index (χ0v) is 8.34. The van der Waals surface area contributed by atoms with Gasteiger partial charge in [0.05, 0.1) is 6.61 Å². The Morgan fingerprint density at radius 1 is 1.62 bits per heavy atom. The molecule has 0 aliphatic carbocycles. The van der Waals surface area contributed by atoms with Crippen LogP contribution in [-0.2, 0) is 13.8 Å². The summed E-state index contributed by atoms with van der Waals surface area (Å²) in [6.07, 6.45) is 0. The molecule has 0 rings (SSSR count). The van der Waals surface area contributed by atoms with E-state index >= 15 is 0 Å². The third kappa shape index (κ3) is 4.69. The summed E-state index contributed by atoms with van der Waals surface area (Å²) in [6, 6.07) is 0. The molecule has 0 bridgehead atoms. The first-order valence-electron chi connectivity index (χ1n) is 3.59. The molecule has 0 aromatic rings. The summed E-state index contributed by atoms with van der Waals surface area (Å²) in [5.41, 5.74) is -1.27. The SMILES string of the molecule is CC#CCOC(=O)P(=O)(O)OCC. The first-order valence-corrected chi connectivity index (χ1v) is 5.16. The van der Waals surface area contributed by atoms with Gasteiger partial charge in [0.15, 0.2) is 6.61 Å². The molecule has 6 heteroatoms. The van der Waals surface area contributed by atoms with Crippen LogP contribution in [0.4, 0.5) is 4.79 Å². The van der Waals surface area contributed by atoms with Crippen molar-refractivity contribution in [1.29, 1.82) is 0 Å². The first-order chi connectivity index (χ1) is 6.04. The van der Waals surface area contributed by atoms with E-state index in [2.05, 4.69) is 21.1 Å². The van der Waals surface area contributed by atoms with E-state index in [4.69, 9.17) is 4.89 Å². The molecule has 13 heavy (non-hydrogen) atoms. The predicted molar refractivity (Wildman–Crippen MR) is 46.2 cm³/mol. The van der Waals surface area contributed by atoms with E-state index in [0.29, 0.717) is 0 Å². The summed E-state index contributed by atoms with van der Waals surface area (Å²) in [5.74, 6) is 4.88. The van der Waals surface area contributed by atoms with Crippen LogP contribution in [0.15, 0.2) is 0 Å². The van der Waals surface area contributed by atoms with E-state index < -0.39 is 13.3 Å². The molecule has 0 heterocycles. The molecule has 74 valence electrons. The van der Waals surface area contributed by atoms with Gasteiger partial charge in [0.1, 0.15) is 0 Å². The third-order valence-corrected chi connectivity index (χ3v) is 2.18. The standard InChI is InChI=1S/C7H11O5P/c1-3-5-6-11-7(8)13(9,10)12-4-2/h4,6H2,1-2H3,(H,9,10). The molecule has 0 spiro atoms. The highest BCUT2D eigenvalue weighted by atomic mass is 31.2. The van der Waals surface area contributed by atoms with Crippen LogP contribution < -0.4 is 0 Å². The van der Waals surface area contributed by atoms with Crippen molar-refractivity contribution in [3.63, 3.8) is 0 Å². The summed E-state index contributed by atoms with van der Waals surface area (Å²) in [7, 11) is -4.25. The molecule has 0 fully saturated rings. The normalized spacial score (nSPS) is 13.8. The van der Waals surface area contributed by atoms with E-state index in [0.717, 1.165) is 0 Å². The molecule has 1 atom stereocenters. The first kappa shape index (κ1) is 12.2. The van der Waals surface area contributed by atoms with Crippen LogP contribution in [0.1, 0.15) is 13.8 Å². The second-order valence-electron chi connectivity index (χ2n) is 1.92. The van der Waals surface area contributed by atoms with Crippen LogP contribution in [0.25, 0.3) is 0 Å². The fourth-order valence-corrected chi connectivity index (χ4v) is 1.16. The van der Waals surface area contributed by atoms with E-state index in [1.807, 2.05) is 0 Å². The number of rotatable bonds is 4. The van der Waals surface area contributed by atoms with Crippen LogP contribution in [0, 0.1) is 11.8 Å². The van der Waals surface area contributed by atoms with E-state index in [1.165, 1.54) is 6.92 Å². The molecular formula is C7H11O5P. The average molecular weight is 206 g/mol. The van der Waals surface area contributed by atoms with Crippen molar-refractivity contribution in [3.05, 3.63) is 0 Å². The van der Waals surface area contributed by atoms with Gasteiger partial charge in [-0.25, -0.2) is 9.36 Å². The van der Waals surface area contributed by atoms with Gasteiger partial charge in [-0.15, -0.1) is 5.92 Å². The van der Waals surface area contributed by atoms with Crippen LogP contribution >= 0.6 is 7.60 Å². The summed E-state index contributed by atoms with van der Waals surface area (Å²) in [5, 5.41) is 0. The summed E-state index contributed by atoms with van der Waals surface area (Å²) in [6.45, 7) is 2.84. The summed E-state index contributed by atoms with van der Waals surface area (Å²) < 4.78 is 19.6. The molecule has 5 nitrogen and oxygen atoms in total. The molecule has 0 aliphatic heterocycles. The molecule has 0 amide bonds. The van der Waals surface area contributed by atoms with Gasteiger partial charge in [-0.2, -0.15) is 0 Å². The van der Waals surface area contributed by atoms with Gasteiger partial charge in [-0.1, -0.05) is 5.92 Å². The Bertz CT molecular complexity index is 274. The highest BCUT2D eigenvalue weighted by molar-refractivity contribution is 7.70. The van der Waals surface area contributed by atoms with Crippen LogP contribution in [-0.4, -0.2) is 23.8 Å². The lowest BCUT2D eigenvalue weighted by Gasteiger charge is -2.07. The van der Waals surface area contributed by atoms with Crippen LogP contribution in [0.5, 0.6) is 0 Å². The van der Waals surface area contributed by atoms with E-state index in [9.17, 15) is 9.36 Å². The highest BCUT2D eigenvalue weighted by Gasteiger charge is 2.31. The molecule has 0 aromatic carbocycles. The minimum absolute atomic E-state index is 0.0255. The van der Waals surface area contributed by atoms with Crippen molar-refractivity contribution in [2.24, 2.45) is 0 Å². The Balaban J connectivity index is 4.07. The second kappa shape index (κ2) is 5.76. The van der Waals surface area contributed by atoms with Gasteiger partial charge >= 0.3 is 13.3 Å². The fourth-order valence-electron chi connectivity index (χ4n) is 0.479. The molecule has 1 unspecified atom stereocenters. The van der Waals surface area contributed by atoms with Crippen molar-refractivity contribution < 1.29 is 23.5 Å². The lowest BCUT2D eigenvalue weighted by atomic mass is 10.6. The van der Waals surface area contributed by atoms with E-state index in [1.54, 1.807) is 6.92 Å². The average Bonchev–Trinajstić information content (AvgIpc) is 2.04. The topological polar surface area (TPSA) is 72.8 Å². The van der Waals surface area contributed by atoms with Gasteiger partial charge < -0.3 is 14.2 Å². The molecule has 1 N–H and O–H groups in total. The minimum Gasteiger partial charge on any atom is -0.443 e. The Kier molecular flexibility index (Phi) is 5.40. The summed E-state index contributed by atoms with van der Waals surface area (Å²) in [4.78, 5) is 19.7. The number of carbonyl (C=O) groups is 1. The quantitative estimate of drug-likeness (QED) is 0.555. The lowest BCUT2D eigenvalue weighted by Crippen LogP contribution is -2.05. The fraction of sp³-hybridized carbons (Fsp3) is 0.571. The Hall–Kier alpha value is -0.820. The lowest BCUT2D eigenvalue weighted by molar-refractivity contribution is 0.169. The Morgan fingerprint density at radius 2 is 2.23 bits per heavy atom. The van der Waals surface area contributed by atoms with Gasteiger partial charge in [0.2, 0.25) is 0 Å². The maximum absolute atomic E-state index is 10.9. The Morgan fingerprint density at radius 3 is 2.69 bits per heavy atom. The number of hydrogen-bond acceptors (Lipinski definition) is 4. The molecule has 0 saturated heterocycles. The van der Waals surface area contributed by atoms with Crippen molar-refractivity contribution in [3.8, 4) is 11.8 Å². The van der Waals surface area contributed by atoms with Crippen molar-refractivity contribution in [1.82, 2.24) is 0 Å². The smallest absolute Gasteiger partial charge is 0.435 e. The highest BCUT2D eigenvalue weighted by Crippen LogP contribution is 2.43. The van der Waals surface area contributed by atoms with Crippen LogP contribution in [0.3, 0.4) is 0 Å². The number of carbonyl (C=O) groups excluding carboxylic acids is 1. The maximum atomic E-state index is 10.9. The molecule has 0 aromatic heterocycles. The van der Waals surface area contributed by atoms with Crippen molar-refractivity contribution in [2.45, 2.75) is 13.8 Å². The van der Waals surface area contributed by atoms with Gasteiger partial charge in [0, 0.05) is 0 Å². The maximum Gasteiger partial charge on any atom is 0.435 e. The molecular weight excluding hydrogens is 195 g/mol. The van der Waals surface area contributed by atoms with Gasteiger partial charge in [-0.3, -0.25) is 0 Å². The molecule has 0 radical (unpaired) electrons. The monoisotopic (exact) mass is 206 g/mol. The zero-order chi connectivity index (χ0) is 10.3. The van der Waals surface area contributed by atoms with Crippen LogP contribution in [0.2, 0.25) is 0 Å². The van der Waals surface area contributed by atoms with Crippen molar-refractivity contribution in [2.75, 3.05) is 13.2 Å². The molecule has 0 saturated carbocycles. The minimum atomic E-state index is -4.25. The van der Waals surface area contributed by atoms with Gasteiger partial charge in [0.25, 0.3) is 0 Å². The zero-order valence-electron chi connectivity index (χ0n) is 7.44. The van der Waals surface area contributed by atoms with E-state index in [-0.39, 0.29) is 13.2 Å². The summed E-state index contributed by atoms with van der Waals surface area (Å²) >= 11 is 0. The van der Waals surface area contributed by atoms with Gasteiger partial charge in [-0.05, 0) is 13.8 Å². The third-order valence-electron chi connectivity index (χ3n) is 0.979. The predicted octanol–water partition coefficient (Wildman–Crippen LogP) is 1.37. The number of hydrogen-bond donors (Lipinski definition) is 1. The van der Waals surface area contributed by atoms with Crippen molar-refractivity contribution >= 4 is 13.3 Å². The number of ether oxygens (including phenoxy) is 1. The largest absolute Gasteiger partial charge is 0.443 e.